The Hall–Kier alpha value is -3.68. The Kier molecular flexibility index (Phi) is 8.36. The van der Waals surface area contributed by atoms with Crippen LogP contribution < -0.4 is 5.32 Å². The molecule has 0 fully saturated rings. The Morgan fingerprint density at radius 2 is 1.50 bits per heavy atom. The molecule has 4 rings (SSSR count). The lowest BCUT2D eigenvalue weighted by Gasteiger charge is -2.19. The highest BCUT2D eigenvalue weighted by atomic mass is 16.5. The third-order valence-corrected chi connectivity index (χ3v) is 6.39. The highest BCUT2D eigenvalue weighted by molar-refractivity contribution is 5.79. The highest BCUT2D eigenvalue weighted by Gasteiger charge is 2.29. The number of esters is 1. The number of amides is 1. The number of aliphatic hydroxyl groups excluding tert-OH is 2. The van der Waals surface area contributed by atoms with Crippen LogP contribution in [-0.4, -0.2) is 48.1 Å². The van der Waals surface area contributed by atoms with Crippen LogP contribution in [0, 0.1) is 0 Å². The minimum Gasteiger partial charge on any atom is -0.466 e. The molecule has 1 aliphatic rings. The Labute approximate surface area is 210 Å². The van der Waals surface area contributed by atoms with Gasteiger partial charge in [-0.1, -0.05) is 72.8 Å². The fourth-order valence-electron chi connectivity index (χ4n) is 4.56. The number of fused-ring (bicyclic) bond motifs is 3. The first kappa shape index (κ1) is 25.4. The van der Waals surface area contributed by atoms with E-state index >= 15 is 0 Å². The van der Waals surface area contributed by atoms with Crippen molar-refractivity contribution in [2.24, 2.45) is 0 Å². The Bertz CT molecular complexity index is 1150. The molecule has 0 heterocycles. The van der Waals surface area contributed by atoms with Gasteiger partial charge in [0, 0.05) is 12.5 Å². The van der Waals surface area contributed by atoms with E-state index in [2.05, 4.69) is 29.6 Å². The minimum atomic E-state index is -1.12. The maximum atomic E-state index is 12.3. The maximum absolute atomic E-state index is 12.3. The van der Waals surface area contributed by atoms with E-state index in [1.165, 1.54) is 0 Å². The second kappa shape index (κ2) is 11.8. The number of hydrogen-bond acceptors (Lipinski definition) is 6. The number of aliphatic hydroxyl groups is 2. The molecule has 0 radical (unpaired) electrons. The smallest absolute Gasteiger partial charge is 0.407 e. The first-order valence-electron chi connectivity index (χ1n) is 12.2. The quantitative estimate of drug-likeness (QED) is 0.370. The van der Waals surface area contributed by atoms with Crippen LogP contribution in [0.4, 0.5) is 4.79 Å². The Morgan fingerprint density at radius 1 is 0.889 bits per heavy atom. The van der Waals surface area contributed by atoms with Gasteiger partial charge in [0.2, 0.25) is 0 Å². The topological polar surface area (TPSA) is 105 Å². The van der Waals surface area contributed by atoms with Gasteiger partial charge in [0.15, 0.2) is 0 Å². The SMILES string of the molecule is CCOC(=O)Cc1ccc(C(O)C(O)CCNC(=O)OCC2c3ccccc3-c3ccccc32)cc1. The lowest BCUT2D eigenvalue weighted by atomic mass is 9.98. The molecule has 0 spiro atoms. The van der Waals surface area contributed by atoms with Gasteiger partial charge in [-0.3, -0.25) is 4.79 Å². The molecule has 0 saturated carbocycles. The van der Waals surface area contributed by atoms with Crippen molar-refractivity contribution >= 4 is 12.1 Å². The summed E-state index contributed by atoms with van der Waals surface area (Å²) >= 11 is 0. The van der Waals surface area contributed by atoms with E-state index in [1.807, 2.05) is 24.3 Å². The van der Waals surface area contributed by atoms with Crippen molar-refractivity contribution < 1.29 is 29.3 Å². The summed E-state index contributed by atoms with van der Waals surface area (Å²) in [5.41, 5.74) is 5.88. The fourth-order valence-corrected chi connectivity index (χ4v) is 4.56. The van der Waals surface area contributed by atoms with E-state index in [4.69, 9.17) is 9.47 Å². The van der Waals surface area contributed by atoms with Crippen LogP contribution in [0.1, 0.15) is 47.6 Å². The van der Waals surface area contributed by atoms with E-state index in [9.17, 15) is 19.8 Å². The van der Waals surface area contributed by atoms with Crippen molar-refractivity contribution in [2.75, 3.05) is 19.8 Å². The largest absolute Gasteiger partial charge is 0.466 e. The second-order valence-corrected chi connectivity index (χ2v) is 8.78. The van der Waals surface area contributed by atoms with E-state index in [0.717, 1.165) is 27.8 Å². The van der Waals surface area contributed by atoms with Crippen LogP contribution in [0.15, 0.2) is 72.8 Å². The number of alkyl carbamates (subject to hydrolysis) is 1. The first-order chi connectivity index (χ1) is 17.5. The van der Waals surface area contributed by atoms with Crippen LogP contribution in [0.5, 0.6) is 0 Å². The lowest BCUT2D eigenvalue weighted by molar-refractivity contribution is -0.142. The molecular formula is C29H31NO6. The van der Waals surface area contributed by atoms with E-state index < -0.39 is 18.3 Å². The predicted octanol–water partition coefficient (Wildman–Crippen LogP) is 4.12. The lowest BCUT2D eigenvalue weighted by Crippen LogP contribution is -2.30. The average molecular weight is 490 g/mol. The molecule has 0 bridgehead atoms. The zero-order valence-electron chi connectivity index (χ0n) is 20.2. The van der Waals surface area contributed by atoms with Crippen molar-refractivity contribution in [2.45, 2.75) is 37.9 Å². The van der Waals surface area contributed by atoms with Crippen LogP contribution in [0.2, 0.25) is 0 Å². The van der Waals surface area contributed by atoms with Gasteiger partial charge in [-0.05, 0) is 46.7 Å². The summed E-state index contributed by atoms with van der Waals surface area (Å²) in [5, 5.41) is 23.5. The molecule has 3 aromatic carbocycles. The molecule has 1 amide bonds. The maximum Gasteiger partial charge on any atom is 0.407 e. The van der Waals surface area contributed by atoms with Gasteiger partial charge < -0.3 is 25.0 Å². The molecule has 3 aromatic rings. The number of rotatable bonds is 10. The summed E-state index contributed by atoms with van der Waals surface area (Å²) in [6.45, 7) is 2.44. The number of carbonyl (C=O) groups excluding carboxylic acids is 2. The van der Waals surface area contributed by atoms with Gasteiger partial charge in [-0.25, -0.2) is 4.79 Å². The van der Waals surface area contributed by atoms with E-state index in [1.54, 1.807) is 31.2 Å². The summed E-state index contributed by atoms with van der Waals surface area (Å²) in [6, 6.07) is 23.0. The molecular weight excluding hydrogens is 458 g/mol. The fraction of sp³-hybridized carbons (Fsp3) is 0.310. The van der Waals surface area contributed by atoms with Crippen LogP contribution in [0.25, 0.3) is 11.1 Å². The molecule has 7 heteroatoms. The zero-order chi connectivity index (χ0) is 25.5. The standard InChI is InChI=1S/C29H31NO6/c1-2-35-27(32)17-19-11-13-20(14-12-19)28(33)26(31)15-16-30-29(34)36-18-25-23-9-5-3-7-21(23)22-8-4-6-10-24(22)25/h3-14,25-26,28,31,33H,2,15-18H2,1H3,(H,30,34). The molecule has 0 aliphatic heterocycles. The molecule has 7 nitrogen and oxygen atoms in total. The summed E-state index contributed by atoms with van der Waals surface area (Å²) in [5.74, 6) is -0.340. The molecule has 36 heavy (non-hydrogen) atoms. The van der Waals surface area contributed by atoms with Gasteiger partial charge in [0.25, 0.3) is 0 Å². The normalized spacial score (nSPS) is 13.9. The molecule has 188 valence electrons. The van der Waals surface area contributed by atoms with Crippen molar-refractivity contribution in [1.29, 1.82) is 0 Å². The monoisotopic (exact) mass is 489 g/mol. The van der Waals surface area contributed by atoms with E-state index in [0.29, 0.717) is 12.2 Å². The third kappa shape index (κ3) is 5.93. The van der Waals surface area contributed by atoms with Crippen molar-refractivity contribution in [3.63, 3.8) is 0 Å². The van der Waals surface area contributed by atoms with Gasteiger partial charge >= 0.3 is 12.1 Å². The van der Waals surface area contributed by atoms with Crippen molar-refractivity contribution in [1.82, 2.24) is 5.32 Å². The molecule has 0 aromatic heterocycles. The van der Waals surface area contributed by atoms with E-state index in [-0.39, 0.29) is 37.9 Å². The predicted molar refractivity (Wildman–Crippen MR) is 135 cm³/mol. The van der Waals surface area contributed by atoms with Crippen LogP contribution >= 0.6 is 0 Å². The summed E-state index contributed by atoms with van der Waals surface area (Å²) in [7, 11) is 0. The molecule has 3 N–H and O–H groups in total. The number of hydrogen-bond donors (Lipinski definition) is 3. The molecule has 2 atom stereocenters. The summed E-state index contributed by atoms with van der Waals surface area (Å²) in [4.78, 5) is 23.9. The van der Waals surface area contributed by atoms with Gasteiger partial charge in [-0.15, -0.1) is 0 Å². The first-order valence-corrected chi connectivity index (χ1v) is 12.2. The van der Waals surface area contributed by atoms with Gasteiger partial charge in [0.05, 0.1) is 19.1 Å². The third-order valence-electron chi connectivity index (χ3n) is 6.39. The number of ether oxygens (including phenoxy) is 2. The molecule has 0 saturated heterocycles. The van der Waals surface area contributed by atoms with Crippen LogP contribution in [-0.2, 0) is 20.7 Å². The number of benzene rings is 3. The molecule has 1 aliphatic carbocycles. The minimum absolute atomic E-state index is 0.0256. The second-order valence-electron chi connectivity index (χ2n) is 8.78. The zero-order valence-corrected chi connectivity index (χ0v) is 20.2. The van der Waals surface area contributed by atoms with Crippen molar-refractivity contribution in [3.8, 4) is 11.1 Å². The van der Waals surface area contributed by atoms with Crippen molar-refractivity contribution in [3.05, 3.63) is 95.1 Å². The Morgan fingerprint density at radius 3 is 2.11 bits per heavy atom. The van der Waals surface area contributed by atoms with Crippen LogP contribution in [0.3, 0.4) is 0 Å². The summed E-state index contributed by atoms with van der Waals surface area (Å²) in [6.07, 6.45) is -2.46. The Balaban J connectivity index is 1.23. The summed E-state index contributed by atoms with van der Waals surface area (Å²) < 4.78 is 10.4. The number of nitrogens with one attached hydrogen (secondary N) is 1. The van der Waals surface area contributed by atoms with Gasteiger partial charge in [-0.2, -0.15) is 0 Å². The highest BCUT2D eigenvalue weighted by Crippen LogP contribution is 2.44. The van der Waals surface area contributed by atoms with Gasteiger partial charge in [0.1, 0.15) is 12.7 Å². The molecule has 2 unspecified atom stereocenters. The average Bonchev–Trinajstić information content (AvgIpc) is 3.21. The number of carbonyl (C=O) groups is 2.